The molecule has 0 fully saturated rings. The average Bonchev–Trinajstić information content (AvgIpc) is 2.40. The first-order chi connectivity index (χ1) is 8.99. The van der Waals surface area contributed by atoms with Crippen LogP contribution in [-0.4, -0.2) is 49.8 Å². The zero-order valence-corrected chi connectivity index (χ0v) is 11.2. The molecule has 0 aliphatic rings. The molecule has 0 saturated carbocycles. The molecule has 0 saturated heterocycles. The van der Waals surface area contributed by atoms with Crippen molar-refractivity contribution in [3.63, 3.8) is 0 Å². The lowest BCUT2D eigenvalue weighted by Gasteiger charge is -2.07. The van der Waals surface area contributed by atoms with Crippen molar-refractivity contribution in [2.45, 2.75) is 20.3 Å². The molecule has 108 valence electrons. The summed E-state index contributed by atoms with van der Waals surface area (Å²) in [6.45, 7) is 3.39. The third kappa shape index (κ3) is 9.57. The first kappa shape index (κ1) is 16.9. The molecular formula is C11H20N4O4. The molecule has 4 N–H and O–H groups in total. The Labute approximate surface area is 111 Å². The average molecular weight is 272 g/mol. The second-order valence-corrected chi connectivity index (χ2v) is 3.64. The number of amides is 4. The van der Waals surface area contributed by atoms with Gasteiger partial charge in [0.1, 0.15) is 0 Å². The van der Waals surface area contributed by atoms with E-state index >= 15 is 0 Å². The van der Waals surface area contributed by atoms with Crippen LogP contribution in [-0.2, 0) is 19.2 Å². The van der Waals surface area contributed by atoms with Crippen molar-refractivity contribution in [2.75, 3.05) is 26.2 Å². The fourth-order valence-corrected chi connectivity index (χ4v) is 1.05. The topological polar surface area (TPSA) is 116 Å². The van der Waals surface area contributed by atoms with Crippen LogP contribution < -0.4 is 21.3 Å². The van der Waals surface area contributed by atoms with Crippen molar-refractivity contribution in [1.82, 2.24) is 21.3 Å². The van der Waals surface area contributed by atoms with Crippen LogP contribution in [0.25, 0.3) is 0 Å². The lowest BCUT2D eigenvalue weighted by atomic mass is 10.4. The molecule has 0 heterocycles. The highest BCUT2D eigenvalue weighted by Crippen LogP contribution is 1.74. The van der Waals surface area contributed by atoms with Gasteiger partial charge in [-0.25, -0.2) is 0 Å². The number of nitrogens with one attached hydrogen (secondary N) is 4. The second kappa shape index (κ2) is 9.86. The molecule has 0 aromatic rings. The minimum absolute atomic E-state index is 0.130. The van der Waals surface area contributed by atoms with E-state index < -0.39 is 11.8 Å². The van der Waals surface area contributed by atoms with Crippen LogP contribution in [0.1, 0.15) is 20.3 Å². The van der Waals surface area contributed by atoms with Gasteiger partial charge in [0, 0.05) is 13.0 Å². The summed E-state index contributed by atoms with van der Waals surface area (Å²) in [5.74, 6) is -1.47. The fourth-order valence-electron chi connectivity index (χ4n) is 1.05. The van der Waals surface area contributed by atoms with Crippen LogP contribution in [0, 0.1) is 0 Å². The minimum Gasteiger partial charge on any atom is -0.355 e. The molecule has 0 spiro atoms. The third-order valence-electron chi connectivity index (χ3n) is 2.03. The molecule has 0 unspecified atom stereocenters. The summed E-state index contributed by atoms with van der Waals surface area (Å²) in [4.78, 5) is 44.4. The van der Waals surface area contributed by atoms with E-state index in [2.05, 4.69) is 21.3 Å². The monoisotopic (exact) mass is 272 g/mol. The normalized spacial score (nSPS) is 9.37. The molecule has 8 heteroatoms. The second-order valence-electron chi connectivity index (χ2n) is 3.64. The summed E-state index contributed by atoms with van der Waals surface area (Å²) in [5, 5.41) is 9.56. The highest BCUT2D eigenvalue weighted by molar-refractivity contribution is 5.89. The van der Waals surface area contributed by atoms with E-state index in [0.29, 0.717) is 13.0 Å². The highest BCUT2D eigenvalue weighted by atomic mass is 16.2. The smallest absolute Gasteiger partial charge is 0.239 e. The van der Waals surface area contributed by atoms with E-state index in [1.165, 1.54) is 0 Å². The van der Waals surface area contributed by atoms with Crippen molar-refractivity contribution in [3.05, 3.63) is 0 Å². The Kier molecular flexibility index (Phi) is 8.76. The number of likely N-dealkylation sites (N-methyl/N-ethyl adjacent to an activating group) is 1. The van der Waals surface area contributed by atoms with Gasteiger partial charge in [-0.1, -0.05) is 6.92 Å². The molecule has 0 aromatic carbocycles. The summed E-state index contributed by atoms with van der Waals surface area (Å²) >= 11 is 0. The molecule has 8 nitrogen and oxygen atoms in total. The Bertz CT molecular complexity index is 344. The van der Waals surface area contributed by atoms with Gasteiger partial charge in [0.15, 0.2) is 0 Å². The number of rotatable bonds is 8. The Balaban J connectivity index is 3.69. The van der Waals surface area contributed by atoms with Crippen LogP contribution in [0.5, 0.6) is 0 Å². The molecule has 0 aromatic heterocycles. The van der Waals surface area contributed by atoms with Gasteiger partial charge in [0.2, 0.25) is 23.6 Å². The van der Waals surface area contributed by atoms with Gasteiger partial charge in [0.05, 0.1) is 19.6 Å². The largest absolute Gasteiger partial charge is 0.355 e. The predicted octanol–water partition coefficient (Wildman–Crippen LogP) is -2.12. The maximum Gasteiger partial charge on any atom is 0.239 e. The van der Waals surface area contributed by atoms with E-state index in [9.17, 15) is 19.2 Å². The van der Waals surface area contributed by atoms with E-state index in [1.54, 1.807) is 13.8 Å². The summed E-state index contributed by atoms with van der Waals surface area (Å²) in [7, 11) is 0. The van der Waals surface area contributed by atoms with Crippen LogP contribution in [0.4, 0.5) is 0 Å². The van der Waals surface area contributed by atoms with Crippen molar-refractivity contribution in [2.24, 2.45) is 0 Å². The Morgan fingerprint density at radius 1 is 0.632 bits per heavy atom. The molecule has 19 heavy (non-hydrogen) atoms. The quantitative estimate of drug-likeness (QED) is 0.404. The molecular weight excluding hydrogens is 252 g/mol. The van der Waals surface area contributed by atoms with E-state index in [0.717, 1.165) is 0 Å². The zero-order valence-electron chi connectivity index (χ0n) is 11.2. The summed E-state index contributed by atoms with van der Waals surface area (Å²) < 4.78 is 0. The first-order valence-electron chi connectivity index (χ1n) is 6.06. The molecule has 0 aliphatic heterocycles. The lowest BCUT2D eigenvalue weighted by molar-refractivity contribution is -0.128. The van der Waals surface area contributed by atoms with Crippen molar-refractivity contribution < 1.29 is 19.2 Å². The van der Waals surface area contributed by atoms with E-state index in [4.69, 9.17) is 0 Å². The number of carbonyl (C=O) groups is 4. The molecule has 0 radical (unpaired) electrons. The van der Waals surface area contributed by atoms with Gasteiger partial charge >= 0.3 is 0 Å². The summed E-state index contributed by atoms with van der Waals surface area (Å²) in [5.41, 5.74) is 0. The lowest BCUT2D eigenvalue weighted by Crippen LogP contribution is -2.44. The van der Waals surface area contributed by atoms with E-state index in [1.807, 2.05) is 0 Å². The van der Waals surface area contributed by atoms with Crippen molar-refractivity contribution in [1.29, 1.82) is 0 Å². The number of hydrogen-bond acceptors (Lipinski definition) is 4. The predicted molar refractivity (Wildman–Crippen MR) is 68.0 cm³/mol. The first-order valence-corrected chi connectivity index (χ1v) is 6.06. The zero-order chi connectivity index (χ0) is 14.7. The minimum atomic E-state index is -0.471. The van der Waals surface area contributed by atoms with E-state index in [-0.39, 0.29) is 31.4 Å². The molecule has 4 amide bonds. The third-order valence-corrected chi connectivity index (χ3v) is 2.03. The highest BCUT2D eigenvalue weighted by Gasteiger charge is 2.07. The molecule has 0 rings (SSSR count). The van der Waals surface area contributed by atoms with Gasteiger partial charge in [-0.3, -0.25) is 19.2 Å². The maximum absolute atomic E-state index is 11.3. The van der Waals surface area contributed by atoms with Crippen LogP contribution in [0.3, 0.4) is 0 Å². The number of carbonyl (C=O) groups excluding carboxylic acids is 4. The fraction of sp³-hybridized carbons (Fsp3) is 0.636. The standard InChI is InChI=1S/C11H20N4O4/c1-3-8(16)13-6-10(18)15-7-11(19)14-5-9(17)12-4-2/h3-7H2,1-2H3,(H,12,17)(H,13,16)(H,14,19)(H,15,18). The Morgan fingerprint density at radius 3 is 1.37 bits per heavy atom. The number of hydrogen-bond donors (Lipinski definition) is 4. The Hall–Kier alpha value is -2.12. The van der Waals surface area contributed by atoms with Gasteiger partial charge in [0.25, 0.3) is 0 Å². The van der Waals surface area contributed by atoms with Crippen LogP contribution in [0.2, 0.25) is 0 Å². The summed E-state index contributed by atoms with van der Waals surface area (Å²) in [6.07, 6.45) is 0.292. The van der Waals surface area contributed by atoms with Gasteiger partial charge in [-0.15, -0.1) is 0 Å². The van der Waals surface area contributed by atoms with Gasteiger partial charge < -0.3 is 21.3 Å². The molecule has 0 aliphatic carbocycles. The molecule has 0 atom stereocenters. The maximum atomic E-state index is 11.3. The van der Waals surface area contributed by atoms with Gasteiger partial charge in [-0.05, 0) is 6.92 Å². The Morgan fingerprint density at radius 2 is 1.00 bits per heavy atom. The molecule has 0 bridgehead atoms. The van der Waals surface area contributed by atoms with Gasteiger partial charge in [-0.2, -0.15) is 0 Å². The van der Waals surface area contributed by atoms with Crippen LogP contribution >= 0.6 is 0 Å². The van der Waals surface area contributed by atoms with Crippen LogP contribution in [0.15, 0.2) is 0 Å². The van der Waals surface area contributed by atoms with Crippen molar-refractivity contribution in [3.8, 4) is 0 Å². The van der Waals surface area contributed by atoms with Crippen molar-refractivity contribution >= 4 is 23.6 Å². The SMILES string of the molecule is CCNC(=O)CNC(=O)CNC(=O)CNC(=O)CC. The summed E-state index contributed by atoms with van der Waals surface area (Å²) in [6, 6.07) is 0.